The first-order chi connectivity index (χ1) is 23.2. The van der Waals surface area contributed by atoms with Crippen molar-refractivity contribution in [2.45, 2.75) is 32.2 Å². The maximum atomic E-state index is 15.3. The van der Waals surface area contributed by atoms with Gasteiger partial charge in [0.25, 0.3) is 0 Å². The van der Waals surface area contributed by atoms with Crippen molar-refractivity contribution >= 4 is 35.3 Å². The number of carbonyl (C=O) groups excluding carboxylic acids is 3. The number of fused-ring (bicyclic) bond motifs is 1. The number of carbonyl (C=O) groups is 3. The van der Waals surface area contributed by atoms with E-state index in [9.17, 15) is 14.4 Å². The second-order valence-electron chi connectivity index (χ2n) is 11.5. The van der Waals surface area contributed by atoms with Crippen molar-refractivity contribution in [3.05, 3.63) is 135 Å². The standard InChI is InChI=1S/C37H31ClFN5O4/c1-23-6-8-24(9-7-23)20-33(45)37-29-5-3-4-27(26-12-10-25(11-13-26)21-35(47)48-2)28(29)18-19-43(37)34(46)17-14-30-32(44-22-40-41-42-44)16-15-31(38)36(30)39/h3-17,22,37H,18-21H2,1-2H3/b17-14+. The quantitative estimate of drug-likeness (QED) is 0.139. The Labute approximate surface area is 281 Å². The van der Waals surface area contributed by atoms with Crippen molar-refractivity contribution in [2.75, 3.05) is 13.7 Å². The number of rotatable bonds is 9. The Morgan fingerprint density at radius 3 is 2.42 bits per heavy atom. The van der Waals surface area contributed by atoms with Crippen molar-refractivity contribution < 1.29 is 23.5 Å². The van der Waals surface area contributed by atoms with Gasteiger partial charge in [0.15, 0.2) is 11.6 Å². The Morgan fingerprint density at radius 2 is 1.71 bits per heavy atom. The molecule has 1 aliphatic heterocycles. The molecule has 1 amide bonds. The number of aryl methyl sites for hydroxylation is 1. The lowest BCUT2D eigenvalue weighted by Crippen LogP contribution is -2.43. The molecule has 0 N–H and O–H groups in total. The molecule has 242 valence electrons. The number of benzene rings is 4. The van der Waals surface area contributed by atoms with E-state index in [4.69, 9.17) is 16.3 Å². The van der Waals surface area contributed by atoms with Crippen LogP contribution in [0.2, 0.25) is 5.02 Å². The van der Waals surface area contributed by atoms with Gasteiger partial charge in [-0.25, -0.2) is 4.39 Å². The number of ketones is 1. The predicted octanol–water partition coefficient (Wildman–Crippen LogP) is 6.10. The molecular formula is C37H31ClFN5O4. The monoisotopic (exact) mass is 663 g/mol. The molecule has 1 aliphatic rings. The number of ether oxygens (including phenoxy) is 1. The minimum Gasteiger partial charge on any atom is -0.469 e. The second kappa shape index (κ2) is 14.1. The zero-order chi connectivity index (χ0) is 33.8. The van der Waals surface area contributed by atoms with Crippen molar-refractivity contribution in [1.29, 1.82) is 0 Å². The molecule has 0 spiro atoms. The number of hydrogen-bond donors (Lipinski definition) is 0. The highest BCUT2D eigenvalue weighted by atomic mass is 35.5. The Morgan fingerprint density at radius 1 is 0.979 bits per heavy atom. The molecule has 0 bridgehead atoms. The zero-order valence-corrected chi connectivity index (χ0v) is 27.0. The fraction of sp³-hybridized carbons (Fsp3) is 0.189. The summed E-state index contributed by atoms with van der Waals surface area (Å²) in [6, 6.07) is 23.2. The van der Waals surface area contributed by atoms with E-state index in [-0.39, 0.29) is 41.7 Å². The van der Waals surface area contributed by atoms with Crippen molar-refractivity contribution in [3.63, 3.8) is 0 Å². The Kier molecular flexibility index (Phi) is 9.54. The molecule has 1 aromatic heterocycles. The highest BCUT2D eigenvalue weighted by Gasteiger charge is 2.36. The van der Waals surface area contributed by atoms with Crippen LogP contribution in [0.3, 0.4) is 0 Å². The highest BCUT2D eigenvalue weighted by Crippen LogP contribution is 2.38. The van der Waals surface area contributed by atoms with Gasteiger partial charge >= 0.3 is 5.97 Å². The number of nitrogens with zero attached hydrogens (tertiary/aromatic N) is 5. The molecular weight excluding hydrogens is 633 g/mol. The summed E-state index contributed by atoms with van der Waals surface area (Å²) in [6.07, 6.45) is 4.68. The summed E-state index contributed by atoms with van der Waals surface area (Å²) < 4.78 is 21.3. The zero-order valence-electron chi connectivity index (χ0n) is 26.3. The molecule has 0 saturated carbocycles. The molecule has 1 atom stereocenters. The number of aromatic nitrogens is 4. The van der Waals surface area contributed by atoms with Gasteiger partial charge in [0.05, 0.1) is 24.2 Å². The summed E-state index contributed by atoms with van der Waals surface area (Å²) in [7, 11) is 1.36. The van der Waals surface area contributed by atoms with Crippen LogP contribution in [0.4, 0.5) is 4.39 Å². The molecule has 48 heavy (non-hydrogen) atoms. The van der Waals surface area contributed by atoms with E-state index in [0.717, 1.165) is 38.9 Å². The number of tetrazole rings is 1. The summed E-state index contributed by atoms with van der Waals surface area (Å²) in [4.78, 5) is 41.4. The average molecular weight is 664 g/mol. The molecule has 1 unspecified atom stereocenters. The van der Waals surface area contributed by atoms with Crippen LogP contribution in [0.15, 0.2) is 91.3 Å². The maximum Gasteiger partial charge on any atom is 0.309 e. The van der Waals surface area contributed by atoms with Crippen molar-refractivity contribution in [1.82, 2.24) is 25.1 Å². The lowest BCUT2D eigenvalue weighted by molar-refractivity contribution is -0.139. The predicted molar refractivity (Wildman–Crippen MR) is 179 cm³/mol. The van der Waals surface area contributed by atoms with Gasteiger partial charge in [0.2, 0.25) is 5.91 Å². The van der Waals surface area contributed by atoms with E-state index in [2.05, 4.69) is 15.5 Å². The first kappa shape index (κ1) is 32.5. The summed E-state index contributed by atoms with van der Waals surface area (Å²) in [5.74, 6) is -1.65. The van der Waals surface area contributed by atoms with Gasteiger partial charge in [-0.3, -0.25) is 14.4 Å². The third-order valence-corrected chi connectivity index (χ3v) is 8.74. The molecule has 0 aliphatic carbocycles. The van der Waals surface area contributed by atoms with Crippen molar-refractivity contribution in [3.8, 4) is 16.8 Å². The number of esters is 1. The number of hydrogen-bond acceptors (Lipinski definition) is 7. The van der Waals surface area contributed by atoms with Crippen LogP contribution in [-0.2, 0) is 38.4 Å². The summed E-state index contributed by atoms with van der Waals surface area (Å²) in [5, 5.41) is 11.0. The number of methoxy groups -OCH3 is 1. The van der Waals surface area contributed by atoms with Crippen LogP contribution in [0, 0.1) is 12.7 Å². The first-order valence-electron chi connectivity index (χ1n) is 15.3. The van der Waals surface area contributed by atoms with Crippen LogP contribution in [0.25, 0.3) is 22.9 Å². The van der Waals surface area contributed by atoms with Gasteiger partial charge in [-0.1, -0.05) is 83.9 Å². The van der Waals surface area contributed by atoms with Crippen LogP contribution in [0.1, 0.15) is 39.4 Å². The lowest BCUT2D eigenvalue weighted by Gasteiger charge is -2.37. The first-order valence-corrected chi connectivity index (χ1v) is 15.7. The minimum absolute atomic E-state index is 0.0287. The topological polar surface area (TPSA) is 107 Å². The molecule has 2 heterocycles. The molecule has 6 rings (SSSR count). The van der Waals surface area contributed by atoms with Crippen molar-refractivity contribution in [2.24, 2.45) is 0 Å². The second-order valence-corrected chi connectivity index (χ2v) is 11.9. The van der Waals surface area contributed by atoms with E-state index in [0.29, 0.717) is 12.1 Å². The number of Topliss-reactive ketones (excluding diaryl/α,β-unsaturated/α-hetero) is 1. The molecule has 5 aromatic rings. The Bertz CT molecular complexity index is 2010. The third-order valence-electron chi connectivity index (χ3n) is 8.45. The molecule has 9 nitrogen and oxygen atoms in total. The summed E-state index contributed by atoms with van der Waals surface area (Å²) in [6.45, 7) is 2.24. The Balaban J connectivity index is 1.36. The minimum atomic E-state index is -0.881. The van der Waals surface area contributed by atoms with Gasteiger partial charge in [0, 0.05) is 24.6 Å². The fourth-order valence-corrected chi connectivity index (χ4v) is 6.17. The van der Waals surface area contributed by atoms with Gasteiger partial charge in [-0.15, -0.1) is 5.10 Å². The van der Waals surface area contributed by atoms with Crippen LogP contribution >= 0.6 is 11.6 Å². The molecule has 0 radical (unpaired) electrons. The largest absolute Gasteiger partial charge is 0.469 e. The molecule has 11 heteroatoms. The van der Waals surface area contributed by atoms with Gasteiger partial charge in [-0.05, 0) is 75.4 Å². The molecule has 0 saturated heterocycles. The van der Waals surface area contributed by atoms with E-state index in [1.54, 1.807) is 6.07 Å². The molecule has 0 fully saturated rings. The SMILES string of the molecule is COC(=O)Cc1ccc(-c2cccc3c2CCN(C(=O)/C=C/c2c(-n4cnnn4)ccc(Cl)c2F)C3C(=O)Cc2ccc(C)cc2)cc1. The average Bonchev–Trinajstić information content (AvgIpc) is 3.64. The van der Waals surface area contributed by atoms with Gasteiger partial charge in [-0.2, -0.15) is 4.68 Å². The van der Waals surface area contributed by atoms with Crippen LogP contribution in [-0.4, -0.2) is 56.4 Å². The summed E-state index contributed by atoms with van der Waals surface area (Å²) in [5.41, 5.74) is 6.64. The lowest BCUT2D eigenvalue weighted by atomic mass is 9.83. The number of halogens is 2. The molecule has 4 aromatic carbocycles. The Hall–Kier alpha value is -5.48. The normalized spacial score (nSPS) is 14.2. The van der Waals surface area contributed by atoms with Gasteiger partial charge in [0.1, 0.15) is 12.4 Å². The van der Waals surface area contributed by atoms with E-state index in [1.165, 1.54) is 41.2 Å². The van der Waals surface area contributed by atoms with E-state index in [1.807, 2.05) is 73.7 Å². The van der Waals surface area contributed by atoms with E-state index >= 15 is 4.39 Å². The number of amides is 1. The highest BCUT2D eigenvalue weighted by molar-refractivity contribution is 6.31. The smallest absolute Gasteiger partial charge is 0.309 e. The van der Waals surface area contributed by atoms with Crippen LogP contribution in [0.5, 0.6) is 0 Å². The third kappa shape index (κ3) is 6.79. The van der Waals surface area contributed by atoms with Gasteiger partial charge < -0.3 is 9.64 Å². The van der Waals surface area contributed by atoms with E-state index < -0.39 is 17.8 Å². The van der Waals surface area contributed by atoms with Crippen LogP contribution < -0.4 is 0 Å². The summed E-state index contributed by atoms with van der Waals surface area (Å²) >= 11 is 6.09. The fourth-order valence-electron chi connectivity index (χ4n) is 6.01. The maximum absolute atomic E-state index is 15.3.